The number of nitrogens with zero attached hydrogens (tertiary/aromatic N) is 3. The molecule has 1 aromatic rings. The molecule has 32 heavy (non-hydrogen) atoms. The third kappa shape index (κ3) is 6.94. The second-order valence-corrected chi connectivity index (χ2v) is 7.85. The van der Waals surface area contributed by atoms with E-state index >= 15 is 0 Å². The van der Waals surface area contributed by atoms with Gasteiger partial charge in [0.2, 0.25) is 0 Å². The molecule has 2 aliphatic heterocycles. The summed E-state index contributed by atoms with van der Waals surface area (Å²) in [6, 6.07) is 7.04. The van der Waals surface area contributed by atoms with Crippen LogP contribution in [0.2, 0.25) is 0 Å². The molecule has 1 aromatic carbocycles. The van der Waals surface area contributed by atoms with E-state index in [1.54, 1.807) is 30.2 Å². The molecule has 9 heteroatoms. The quantitative estimate of drug-likeness (QED) is 0.572. The highest BCUT2D eigenvalue weighted by Gasteiger charge is 2.28. The maximum atomic E-state index is 13.4. The van der Waals surface area contributed by atoms with Crippen LogP contribution in [-0.4, -0.2) is 112 Å². The lowest BCUT2D eigenvalue weighted by atomic mass is 10.1. The van der Waals surface area contributed by atoms with Crippen molar-refractivity contribution in [3.05, 3.63) is 42.5 Å². The summed E-state index contributed by atoms with van der Waals surface area (Å²) in [7, 11) is 1.58. The van der Waals surface area contributed by atoms with Gasteiger partial charge in [-0.05, 0) is 18.2 Å². The Morgan fingerprint density at radius 1 is 1.28 bits per heavy atom. The molecule has 0 unspecified atom stereocenters. The summed E-state index contributed by atoms with van der Waals surface area (Å²) in [5, 5.41) is 2.81. The molecular formula is C23H34N4O5. The summed E-state index contributed by atoms with van der Waals surface area (Å²) in [5.74, 6) is 0.567. The Labute approximate surface area is 189 Å². The zero-order valence-corrected chi connectivity index (χ0v) is 18.8. The fourth-order valence-corrected chi connectivity index (χ4v) is 3.83. The van der Waals surface area contributed by atoms with Crippen molar-refractivity contribution in [2.45, 2.75) is 6.10 Å². The van der Waals surface area contributed by atoms with Crippen LogP contribution in [0.25, 0.3) is 0 Å². The SMILES string of the molecule is C=CCNC(=O)N1CCO[C@H](CN(CCN2CCOCC2)C(=O)c2cccc(OC)c2)C1. The molecule has 3 amide bonds. The molecule has 2 heterocycles. The second kappa shape index (κ2) is 12.4. The smallest absolute Gasteiger partial charge is 0.317 e. The van der Waals surface area contributed by atoms with Gasteiger partial charge in [0.05, 0.1) is 39.6 Å². The molecule has 0 radical (unpaired) electrons. The van der Waals surface area contributed by atoms with E-state index in [-0.39, 0.29) is 18.0 Å². The van der Waals surface area contributed by atoms with Gasteiger partial charge in [0.25, 0.3) is 5.91 Å². The van der Waals surface area contributed by atoms with E-state index in [0.29, 0.717) is 63.9 Å². The molecular weight excluding hydrogens is 412 g/mol. The van der Waals surface area contributed by atoms with Crippen molar-refractivity contribution < 1.29 is 23.8 Å². The van der Waals surface area contributed by atoms with E-state index < -0.39 is 0 Å². The Morgan fingerprint density at radius 3 is 2.84 bits per heavy atom. The number of morpholine rings is 2. The third-order valence-corrected chi connectivity index (χ3v) is 5.64. The molecule has 1 N–H and O–H groups in total. The fourth-order valence-electron chi connectivity index (χ4n) is 3.83. The number of hydrogen-bond donors (Lipinski definition) is 1. The molecule has 176 valence electrons. The average Bonchev–Trinajstić information content (AvgIpc) is 2.85. The first-order valence-corrected chi connectivity index (χ1v) is 11.1. The molecule has 9 nitrogen and oxygen atoms in total. The number of ether oxygens (including phenoxy) is 3. The Hall–Kier alpha value is -2.62. The van der Waals surface area contributed by atoms with E-state index in [1.165, 1.54) is 0 Å². The minimum Gasteiger partial charge on any atom is -0.497 e. The van der Waals surface area contributed by atoms with Crippen molar-refractivity contribution in [2.24, 2.45) is 0 Å². The van der Waals surface area contributed by atoms with Gasteiger partial charge in [-0.25, -0.2) is 4.79 Å². The third-order valence-electron chi connectivity index (χ3n) is 5.64. The van der Waals surface area contributed by atoms with Crippen molar-refractivity contribution in [3.8, 4) is 5.75 Å². The summed E-state index contributed by atoms with van der Waals surface area (Å²) in [4.78, 5) is 31.6. The van der Waals surface area contributed by atoms with Crippen LogP contribution in [0.15, 0.2) is 36.9 Å². The van der Waals surface area contributed by atoms with Crippen LogP contribution in [-0.2, 0) is 9.47 Å². The van der Waals surface area contributed by atoms with E-state index in [1.807, 2.05) is 17.0 Å². The van der Waals surface area contributed by atoms with Gasteiger partial charge in [0.1, 0.15) is 5.75 Å². The summed E-state index contributed by atoms with van der Waals surface area (Å²) in [6.45, 7) is 10.3. The van der Waals surface area contributed by atoms with Crippen LogP contribution in [0.1, 0.15) is 10.4 Å². The number of rotatable bonds is 9. The first-order valence-electron chi connectivity index (χ1n) is 11.1. The summed E-state index contributed by atoms with van der Waals surface area (Å²) >= 11 is 0. The Kier molecular flexibility index (Phi) is 9.33. The maximum absolute atomic E-state index is 13.4. The van der Waals surface area contributed by atoms with E-state index in [9.17, 15) is 9.59 Å². The molecule has 2 saturated heterocycles. The van der Waals surface area contributed by atoms with E-state index in [0.717, 1.165) is 19.6 Å². The van der Waals surface area contributed by atoms with E-state index in [2.05, 4.69) is 16.8 Å². The van der Waals surface area contributed by atoms with Gasteiger partial charge in [0, 0.05) is 51.4 Å². The first kappa shape index (κ1) is 24.0. The number of methoxy groups -OCH3 is 1. The molecule has 3 rings (SSSR count). The van der Waals surface area contributed by atoms with Gasteiger partial charge in [-0.1, -0.05) is 12.1 Å². The lowest BCUT2D eigenvalue weighted by molar-refractivity contribution is -0.0295. The minimum atomic E-state index is -0.252. The Bertz CT molecular complexity index is 769. The summed E-state index contributed by atoms with van der Waals surface area (Å²) in [5.41, 5.74) is 0.572. The highest BCUT2D eigenvalue weighted by molar-refractivity contribution is 5.94. The predicted molar refractivity (Wildman–Crippen MR) is 121 cm³/mol. The predicted octanol–water partition coefficient (Wildman–Crippen LogP) is 1.07. The van der Waals surface area contributed by atoms with Crippen LogP contribution < -0.4 is 10.1 Å². The van der Waals surface area contributed by atoms with Crippen molar-refractivity contribution in [1.29, 1.82) is 0 Å². The topological polar surface area (TPSA) is 83.6 Å². The number of amides is 3. The van der Waals surface area contributed by atoms with Crippen LogP contribution >= 0.6 is 0 Å². The standard InChI is InChI=1S/C23H34N4O5/c1-3-7-24-23(29)27-12-15-32-21(18-27)17-26(9-8-25-10-13-31-14-11-25)22(28)19-5-4-6-20(16-19)30-2/h3-6,16,21H,1,7-15,17-18H2,2H3,(H,24,29)/t21-/m1/s1. The number of hydrogen-bond acceptors (Lipinski definition) is 6. The van der Waals surface area contributed by atoms with Crippen molar-refractivity contribution in [1.82, 2.24) is 20.0 Å². The Morgan fingerprint density at radius 2 is 2.09 bits per heavy atom. The van der Waals surface area contributed by atoms with Crippen LogP contribution in [0.3, 0.4) is 0 Å². The lowest BCUT2D eigenvalue weighted by Gasteiger charge is -2.36. The molecule has 0 aromatic heterocycles. The van der Waals surface area contributed by atoms with Gasteiger partial charge in [-0.2, -0.15) is 0 Å². The Balaban J connectivity index is 1.67. The lowest BCUT2D eigenvalue weighted by Crippen LogP contribution is -2.53. The fraction of sp³-hybridized carbons (Fsp3) is 0.565. The van der Waals surface area contributed by atoms with Gasteiger partial charge in [-0.15, -0.1) is 6.58 Å². The molecule has 2 aliphatic rings. The van der Waals surface area contributed by atoms with Gasteiger partial charge in [-0.3, -0.25) is 9.69 Å². The molecule has 0 saturated carbocycles. The second-order valence-electron chi connectivity index (χ2n) is 7.85. The molecule has 2 fully saturated rings. The number of benzene rings is 1. The van der Waals surface area contributed by atoms with Crippen molar-refractivity contribution in [2.75, 3.05) is 79.3 Å². The largest absolute Gasteiger partial charge is 0.497 e. The summed E-state index contributed by atoms with van der Waals surface area (Å²) in [6.07, 6.45) is 1.40. The average molecular weight is 447 g/mol. The monoisotopic (exact) mass is 446 g/mol. The van der Waals surface area contributed by atoms with Gasteiger partial charge >= 0.3 is 6.03 Å². The van der Waals surface area contributed by atoms with Crippen LogP contribution in [0.5, 0.6) is 5.75 Å². The zero-order chi connectivity index (χ0) is 22.8. The van der Waals surface area contributed by atoms with Crippen LogP contribution in [0, 0.1) is 0 Å². The molecule has 0 bridgehead atoms. The molecule has 0 aliphatic carbocycles. The number of nitrogens with one attached hydrogen (secondary N) is 1. The highest BCUT2D eigenvalue weighted by Crippen LogP contribution is 2.16. The highest BCUT2D eigenvalue weighted by atomic mass is 16.5. The van der Waals surface area contributed by atoms with Gasteiger partial charge in [0.15, 0.2) is 0 Å². The number of carbonyl (C=O) groups excluding carboxylic acids is 2. The maximum Gasteiger partial charge on any atom is 0.317 e. The molecule has 0 spiro atoms. The van der Waals surface area contributed by atoms with Gasteiger partial charge < -0.3 is 29.3 Å². The first-order chi connectivity index (χ1) is 15.6. The van der Waals surface area contributed by atoms with E-state index in [4.69, 9.17) is 14.2 Å². The van der Waals surface area contributed by atoms with Crippen molar-refractivity contribution >= 4 is 11.9 Å². The number of urea groups is 1. The zero-order valence-electron chi connectivity index (χ0n) is 18.8. The molecule has 1 atom stereocenters. The van der Waals surface area contributed by atoms with Crippen molar-refractivity contribution in [3.63, 3.8) is 0 Å². The summed E-state index contributed by atoms with van der Waals surface area (Å²) < 4.78 is 16.6. The number of carbonyl (C=O) groups is 2. The normalized spacial score (nSPS) is 19.3. The van der Waals surface area contributed by atoms with Crippen LogP contribution in [0.4, 0.5) is 4.79 Å². The minimum absolute atomic E-state index is 0.0750.